The molecule has 0 spiro atoms. The van der Waals surface area contributed by atoms with Crippen molar-refractivity contribution in [2.45, 2.75) is 67.3 Å². The topological polar surface area (TPSA) is 65.5 Å². The van der Waals surface area contributed by atoms with E-state index in [1.54, 1.807) is 21.3 Å². The van der Waals surface area contributed by atoms with Crippen molar-refractivity contribution in [3.05, 3.63) is 36.2 Å². The average Bonchev–Trinajstić information content (AvgIpc) is 2.80. The summed E-state index contributed by atoms with van der Waals surface area (Å²) in [5.74, 6) is 1.46. The van der Waals surface area contributed by atoms with Crippen LogP contribution in [0.5, 0.6) is 11.6 Å². The first-order valence-electron chi connectivity index (χ1n) is 11.4. The van der Waals surface area contributed by atoms with Crippen LogP contribution in [0.4, 0.5) is 5.69 Å². The van der Waals surface area contributed by atoms with Gasteiger partial charge in [0, 0.05) is 24.9 Å². The van der Waals surface area contributed by atoms with E-state index in [4.69, 9.17) is 19.2 Å². The summed E-state index contributed by atoms with van der Waals surface area (Å²) in [6.45, 7) is 20.8. The van der Waals surface area contributed by atoms with Crippen molar-refractivity contribution >= 4 is 11.3 Å². The Morgan fingerprint density at radius 1 is 1.00 bits per heavy atom. The number of hydrogen-bond acceptors (Lipinski definition) is 6. The van der Waals surface area contributed by atoms with Crippen LogP contribution in [0.1, 0.15) is 72.7 Å². The first kappa shape index (κ1) is 29.4. The fourth-order valence-corrected chi connectivity index (χ4v) is 2.95. The van der Waals surface area contributed by atoms with Crippen LogP contribution >= 0.6 is 0 Å². The molecule has 2 heterocycles. The Morgan fingerprint density at radius 2 is 1.62 bits per heavy atom. The van der Waals surface area contributed by atoms with Gasteiger partial charge in [-0.3, -0.25) is 0 Å². The van der Waals surface area contributed by atoms with Gasteiger partial charge in [-0.15, -0.1) is 0 Å². The van der Waals surface area contributed by atoms with Crippen LogP contribution in [0.2, 0.25) is 0 Å². The summed E-state index contributed by atoms with van der Waals surface area (Å²) in [6.07, 6.45) is 0. The molecule has 6 nitrogen and oxygen atoms in total. The molecule has 0 radical (unpaired) electrons. The van der Waals surface area contributed by atoms with Crippen molar-refractivity contribution < 1.29 is 14.2 Å². The highest BCUT2D eigenvalue weighted by Gasteiger charge is 2.20. The van der Waals surface area contributed by atoms with Crippen molar-refractivity contribution in [3.8, 4) is 22.9 Å². The molecule has 2 aromatic heterocycles. The number of hydrogen-bond donors (Lipinski definition) is 1. The maximum absolute atomic E-state index is 5.65. The Kier molecular flexibility index (Phi) is 14.0. The Bertz CT molecular complexity index is 835. The molecule has 2 aromatic rings. The van der Waals surface area contributed by atoms with E-state index < -0.39 is 0 Å². The number of anilines is 1. The lowest BCUT2D eigenvalue weighted by molar-refractivity contribution is 0.190. The summed E-state index contributed by atoms with van der Waals surface area (Å²) in [7, 11) is 4.93. The molecular formula is C26H43N3O3. The van der Waals surface area contributed by atoms with Crippen molar-refractivity contribution in [2.24, 2.45) is 0 Å². The third-order valence-electron chi connectivity index (χ3n) is 4.35. The van der Waals surface area contributed by atoms with Gasteiger partial charge in [0.25, 0.3) is 0 Å². The number of ether oxygens (including phenoxy) is 3. The summed E-state index contributed by atoms with van der Waals surface area (Å²) in [6, 6.07) is 6.03. The maximum atomic E-state index is 5.65. The van der Waals surface area contributed by atoms with Crippen LogP contribution < -0.4 is 14.8 Å². The van der Waals surface area contributed by atoms with Crippen LogP contribution in [-0.2, 0) is 4.74 Å². The van der Waals surface area contributed by atoms with Crippen LogP contribution in [0, 0.1) is 0 Å². The third kappa shape index (κ3) is 7.83. The lowest BCUT2D eigenvalue weighted by Crippen LogP contribution is -2.22. The number of rotatable bonds is 9. The fourth-order valence-electron chi connectivity index (χ4n) is 2.95. The van der Waals surface area contributed by atoms with Crippen molar-refractivity contribution in [1.29, 1.82) is 0 Å². The minimum absolute atomic E-state index is 0.113. The third-order valence-corrected chi connectivity index (χ3v) is 4.35. The van der Waals surface area contributed by atoms with Gasteiger partial charge in [-0.1, -0.05) is 48.1 Å². The maximum Gasteiger partial charge on any atom is 0.223 e. The summed E-state index contributed by atoms with van der Waals surface area (Å²) in [5, 5.41) is 3.42. The van der Waals surface area contributed by atoms with E-state index >= 15 is 0 Å². The Balaban J connectivity index is 0.00000227. The molecule has 6 heteroatoms. The monoisotopic (exact) mass is 445 g/mol. The standard InChI is InChI=1S/C22H31N3O3.2C2H6/c1-13(2)17-10-9-16(22(24-17)28-8)21-19(27-7)11-18(20(25-21)14(3)4)23-15(5)12-26-6;2*1-2/h9-11,13,15,23H,3,12H2,1-2,4-8H3;2*1-2H3. The van der Waals surface area contributed by atoms with E-state index in [0.29, 0.717) is 29.8 Å². The largest absolute Gasteiger partial charge is 0.494 e. The zero-order valence-corrected chi connectivity index (χ0v) is 21.9. The van der Waals surface area contributed by atoms with Gasteiger partial charge in [-0.2, -0.15) is 0 Å². The lowest BCUT2D eigenvalue weighted by atomic mass is 10.0. The second kappa shape index (κ2) is 15.2. The average molecular weight is 446 g/mol. The summed E-state index contributed by atoms with van der Waals surface area (Å²) >= 11 is 0. The lowest BCUT2D eigenvalue weighted by Gasteiger charge is -2.20. The molecule has 2 rings (SSSR count). The zero-order chi connectivity index (χ0) is 24.8. The Hall–Kier alpha value is -2.60. The molecule has 0 fully saturated rings. The molecule has 0 saturated heterocycles. The van der Waals surface area contributed by atoms with E-state index in [0.717, 1.165) is 28.2 Å². The number of aromatic nitrogens is 2. The highest BCUT2D eigenvalue weighted by Crippen LogP contribution is 2.38. The molecule has 180 valence electrons. The van der Waals surface area contributed by atoms with Gasteiger partial charge >= 0.3 is 0 Å². The van der Waals surface area contributed by atoms with Gasteiger partial charge in [-0.05, 0) is 37.5 Å². The molecule has 1 unspecified atom stereocenters. The second-order valence-electron chi connectivity index (χ2n) is 7.16. The first-order valence-corrected chi connectivity index (χ1v) is 11.4. The molecular weight excluding hydrogens is 402 g/mol. The van der Waals surface area contributed by atoms with Gasteiger partial charge in [0.1, 0.15) is 11.4 Å². The van der Waals surface area contributed by atoms with E-state index in [2.05, 4.69) is 30.7 Å². The molecule has 0 saturated carbocycles. The SMILES string of the molecule is C=C(C)c1nc(-c2ccc(C(C)C)nc2OC)c(OC)cc1NC(C)COC.CC.CC. The summed E-state index contributed by atoms with van der Waals surface area (Å²) in [4.78, 5) is 9.50. The van der Waals surface area contributed by atoms with E-state index in [1.807, 2.05) is 59.7 Å². The molecule has 0 aliphatic carbocycles. The predicted octanol–water partition coefficient (Wildman–Crippen LogP) is 6.82. The number of pyridine rings is 2. The molecule has 0 amide bonds. The molecule has 32 heavy (non-hydrogen) atoms. The summed E-state index contributed by atoms with van der Waals surface area (Å²) in [5.41, 5.74) is 4.89. The molecule has 1 atom stereocenters. The fraction of sp³-hybridized carbons (Fsp3) is 0.538. The van der Waals surface area contributed by atoms with Gasteiger partial charge in [-0.25, -0.2) is 9.97 Å². The quantitative estimate of drug-likeness (QED) is 0.457. The van der Waals surface area contributed by atoms with E-state index in [1.165, 1.54) is 0 Å². The summed E-state index contributed by atoms with van der Waals surface area (Å²) < 4.78 is 16.4. The highest BCUT2D eigenvalue weighted by atomic mass is 16.5. The highest BCUT2D eigenvalue weighted by molar-refractivity contribution is 5.79. The van der Waals surface area contributed by atoms with E-state index in [-0.39, 0.29) is 6.04 Å². The minimum atomic E-state index is 0.113. The zero-order valence-electron chi connectivity index (χ0n) is 21.9. The van der Waals surface area contributed by atoms with Crippen molar-refractivity contribution in [2.75, 3.05) is 33.3 Å². The smallest absolute Gasteiger partial charge is 0.223 e. The normalized spacial score (nSPS) is 10.9. The molecule has 0 aromatic carbocycles. The van der Waals surface area contributed by atoms with Crippen molar-refractivity contribution in [1.82, 2.24) is 9.97 Å². The second-order valence-corrected chi connectivity index (χ2v) is 7.16. The Labute approximate surface area is 195 Å². The van der Waals surface area contributed by atoms with Gasteiger partial charge in [0.2, 0.25) is 5.88 Å². The van der Waals surface area contributed by atoms with Gasteiger partial charge < -0.3 is 19.5 Å². The number of nitrogens with zero attached hydrogens (tertiary/aromatic N) is 2. The van der Waals surface area contributed by atoms with E-state index in [9.17, 15) is 0 Å². The number of allylic oxidation sites excluding steroid dienone is 1. The van der Waals surface area contributed by atoms with Gasteiger partial charge in [0.15, 0.2) is 0 Å². The van der Waals surface area contributed by atoms with Crippen LogP contribution in [-0.4, -0.2) is 43.9 Å². The molecule has 0 aliphatic heterocycles. The van der Waals surface area contributed by atoms with Crippen LogP contribution in [0.3, 0.4) is 0 Å². The molecule has 1 N–H and O–H groups in total. The van der Waals surface area contributed by atoms with Crippen LogP contribution in [0.25, 0.3) is 16.8 Å². The minimum Gasteiger partial charge on any atom is -0.494 e. The molecule has 0 aliphatic rings. The van der Waals surface area contributed by atoms with Crippen molar-refractivity contribution in [3.63, 3.8) is 0 Å². The van der Waals surface area contributed by atoms with Crippen LogP contribution in [0.15, 0.2) is 24.8 Å². The predicted molar refractivity (Wildman–Crippen MR) is 137 cm³/mol. The molecule has 0 bridgehead atoms. The number of nitrogens with one attached hydrogen (secondary N) is 1. The Morgan fingerprint density at radius 3 is 2.09 bits per heavy atom. The first-order chi connectivity index (χ1) is 15.3. The van der Waals surface area contributed by atoms with Gasteiger partial charge in [0.05, 0.1) is 37.8 Å². The number of methoxy groups -OCH3 is 3.